The van der Waals surface area contributed by atoms with Crippen LogP contribution in [0.15, 0.2) is 54.6 Å². The van der Waals surface area contributed by atoms with Gasteiger partial charge in [0.25, 0.3) is 0 Å². The predicted octanol–water partition coefficient (Wildman–Crippen LogP) is 2.87. The molecule has 0 spiro atoms. The zero-order valence-electron chi connectivity index (χ0n) is 12.5. The third-order valence-corrected chi connectivity index (χ3v) is 4.22. The van der Waals surface area contributed by atoms with E-state index in [1.807, 2.05) is 36.4 Å². The summed E-state index contributed by atoms with van der Waals surface area (Å²) in [4.78, 5) is 0. The van der Waals surface area contributed by atoms with Crippen LogP contribution in [0.5, 0.6) is 5.75 Å². The van der Waals surface area contributed by atoms with Crippen molar-refractivity contribution in [2.24, 2.45) is 0 Å². The summed E-state index contributed by atoms with van der Waals surface area (Å²) in [5.74, 6) is 0.00715. The van der Waals surface area contributed by atoms with E-state index in [0.717, 1.165) is 5.56 Å². The van der Waals surface area contributed by atoms with Gasteiger partial charge in [0.05, 0.1) is 24.0 Å². The van der Waals surface area contributed by atoms with Crippen LogP contribution in [0.1, 0.15) is 17.5 Å². The molecule has 6 heteroatoms. The van der Waals surface area contributed by atoms with Crippen LogP contribution in [-0.2, 0) is 21.5 Å². The third kappa shape index (κ3) is 6.10. The summed E-state index contributed by atoms with van der Waals surface area (Å²) >= 11 is 0. The van der Waals surface area contributed by atoms with Crippen LogP contribution in [0, 0.1) is 11.3 Å². The molecule has 0 saturated carbocycles. The van der Waals surface area contributed by atoms with Crippen molar-refractivity contribution in [2.45, 2.75) is 13.0 Å². The molecule has 0 fully saturated rings. The van der Waals surface area contributed by atoms with Crippen LogP contribution in [0.4, 0.5) is 0 Å². The van der Waals surface area contributed by atoms with E-state index < -0.39 is 10.1 Å². The van der Waals surface area contributed by atoms with Gasteiger partial charge in [0.1, 0.15) is 5.75 Å². The van der Waals surface area contributed by atoms with Gasteiger partial charge in [-0.3, -0.25) is 0 Å². The molecule has 0 heterocycles. The van der Waals surface area contributed by atoms with Crippen LogP contribution < -0.4 is 4.18 Å². The quantitative estimate of drug-likeness (QED) is 0.549. The van der Waals surface area contributed by atoms with Gasteiger partial charge < -0.3 is 8.92 Å². The zero-order chi connectivity index (χ0) is 16.5. The zero-order valence-corrected chi connectivity index (χ0v) is 13.3. The number of benzene rings is 2. The second kappa shape index (κ2) is 8.32. The van der Waals surface area contributed by atoms with Gasteiger partial charge in [-0.1, -0.05) is 36.4 Å². The predicted molar refractivity (Wildman–Crippen MR) is 86.3 cm³/mol. The van der Waals surface area contributed by atoms with Gasteiger partial charge in [0.2, 0.25) is 0 Å². The average molecular weight is 331 g/mol. The maximum Gasteiger partial charge on any atom is 0.309 e. The van der Waals surface area contributed by atoms with Crippen LogP contribution in [-0.4, -0.2) is 20.8 Å². The number of ether oxygens (including phenoxy) is 1. The van der Waals surface area contributed by atoms with Crippen molar-refractivity contribution >= 4 is 10.1 Å². The molecule has 2 aromatic rings. The molecular weight excluding hydrogens is 314 g/mol. The second-order valence-corrected chi connectivity index (χ2v) is 6.57. The highest BCUT2D eigenvalue weighted by atomic mass is 32.2. The normalized spacial score (nSPS) is 10.9. The van der Waals surface area contributed by atoms with Crippen molar-refractivity contribution in [3.63, 3.8) is 0 Å². The van der Waals surface area contributed by atoms with Crippen molar-refractivity contribution in [2.75, 3.05) is 12.4 Å². The second-order valence-electron chi connectivity index (χ2n) is 4.88. The molecule has 0 amide bonds. The Morgan fingerprint density at radius 3 is 2.57 bits per heavy atom. The van der Waals surface area contributed by atoms with Crippen molar-refractivity contribution in [1.82, 2.24) is 0 Å². The maximum atomic E-state index is 11.9. The van der Waals surface area contributed by atoms with Crippen LogP contribution in [0.2, 0.25) is 0 Å². The lowest BCUT2D eigenvalue weighted by Crippen LogP contribution is -2.15. The highest BCUT2D eigenvalue weighted by Crippen LogP contribution is 2.15. The Morgan fingerprint density at radius 1 is 1.04 bits per heavy atom. The summed E-state index contributed by atoms with van der Waals surface area (Å²) < 4.78 is 34.2. The first kappa shape index (κ1) is 17.0. The summed E-state index contributed by atoms with van der Waals surface area (Å²) in [6.45, 7) is 0.779. The third-order valence-electron chi connectivity index (χ3n) is 2.98. The Bertz CT molecular complexity index is 767. The smallest absolute Gasteiger partial charge is 0.309 e. The number of hydrogen-bond acceptors (Lipinski definition) is 5. The Morgan fingerprint density at radius 2 is 1.83 bits per heavy atom. The molecule has 0 aliphatic carbocycles. The number of nitrogens with zero attached hydrogens (tertiary/aromatic N) is 1. The highest BCUT2D eigenvalue weighted by molar-refractivity contribution is 7.87. The van der Waals surface area contributed by atoms with E-state index in [1.165, 1.54) is 12.1 Å². The molecule has 120 valence electrons. The Labute approximate surface area is 136 Å². The molecule has 2 aromatic carbocycles. The van der Waals surface area contributed by atoms with Crippen LogP contribution >= 0.6 is 0 Å². The molecule has 0 radical (unpaired) electrons. The van der Waals surface area contributed by atoms with E-state index in [0.29, 0.717) is 25.2 Å². The van der Waals surface area contributed by atoms with Crippen molar-refractivity contribution in [3.05, 3.63) is 65.7 Å². The van der Waals surface area contributed by atoms with Crippen molar-refractivity contribution < 1.29 is 17.3 Å². The van der Waals surface area contributed by atoms with E-state index in [-0.39, 0.29) is 11.5 Å². The summed E-state index contributed by atoms with van der Waals surface area (Å²) in [7, 11) is -3.69. The molecule has 0 N–H and O–H groups in total. The lowest BCUT2D eigenvalue weighted by molar-refractivity contribution is 0.121. The SMILES string of the molecule is N#Cc1cccc(OS(=O)(=O)CCCOCc2ccccc2)c1. The monoisotopic (exact) mass is 331 g/mol. The van der Waals surface area contributed by atoms with E-state index >= 15 is 0 Å². The number of hydrogen-bond donors (Lipinski definition) is 0. The van der Waals surface area contributed by atoms with Gasteiger partial charge in [0, 0.05) is 6.61 Å². The van der Waals surface area contributed by atoms with Crippen molar-refractivity contribution in [1.29, 1.82) is 5.26 Å². The molecule has 0 unspecified atom stereocenters. The van der Waals surface area contributed by atoms with Gasteiger partial charge in [-0.25, -0.2) is 0 Å². The summed E-state index contributed by atoms with van der Waals surface area (Å²) in [6.07, 6.45) is 0.340. The summed E-state index contributed by atoms with van der Waals surface area (Å²) in [5, 5.41) is 8.78. The lowest BCUT2D eigenvalue weighted by Gasteiger charge is -2.08. The molecule has 0 aromatic heterocycles. The fraction of sp³-hybridized carbons (Fsp3) is 0.235. The standard InChI is InChI=1S/C17H17NO4S/c18-13-16-8-4-9-17(12-16)22-23(19,20)11-5-10-21-14-15-6-2-1-3-7-15/h1-4,6-9,12H,5,10-11,14H2. The maximum absolute atomic E-state index is 11.9. The average Bonchev–Trinajstić information content (AvgIpc) is 2.55. The summed E-state index contributed by atoms with van der Waals surface area (Å²) in [6, 6.07) is 17.7. The largest absolute Gasteiger partial charge is 0.382 e. The fourth-order valence-corrected chi connectivity index (χ4v) is 2.86. The highest BCUT2D eigenvalue weighted by Gasteiger charge is 2.12. The van der Waals surface area contributed by atoms with Crippen LogP contribution in [0.3, 0.4) is 0 Å². The molecule has 23 heavy (non-hydrogen) atoms. The first-order valence-corrected chi connectivity index (χ1v) is 8.71. The van der Waals surface area contributed by atoms with Gasteiger partial charge in [0.15, 0.2) is 0 Å². The first-order chi connectivity index (χ1) is 11.1. The minimum Gasteiger partial charge on any atom is -0.382 e. The van der Waals surface area contributed by atoms with E-state index in [1.54, 1.807) is 12.1 Å². The van der Waals surface area contributed by atoms with E-state index in [4.69, 9.17) is 14.2 Å². The van der Waals surface area contributed by atoms with Gasteiger partial charge in [-0.15, -0.1) is 0 Å². The Balaban J connectivity index is 1.74. The molecule has 5 nitrogen and oxygen atoms in total. The van der Waals surface area contributed by atoms with Gasteiger partial charge >= 0.3 is 10.1 Å². The molecule has 2 rings (SSSR count). The minimum absolute atomic E-state index is 0.140. The first-order valence-electron chi connectivity index (χ1n) is 7.13. The summed E-state index contributed by atoms with van der Waals surface area (Å²) in [5.41, 5.74) is 1.39. The molecule has 0 saturated heterocycles. The molecule has 0 aliphatic heterocycles. The minimum atomic E-state index is -3.69. The van der Waals surface area contributed by atoms with E-state index in [9.17, 15) is 8.42 Å². The van der Waals surface area contributed by atoms with Gasteiger partial charge in [-0.2, -0.15) is 13.7 Å². The topological polar surface area (TPSA) is 76.4 Å². The molecule has 0 bridgehead atoms. The Hall–Kier alpha value is -2.36. The van der Waals surface area contributed by atoms with Gasteiger partial charge in [-0.05, 0) is 30.2 Å². The molecular formula is C17H17NO4S. The lowest BCUT2D eigenvalue weighted by atomic mass is 10.2. The number of rotatable bonds is 8. The van der Waals surface area contributed by atoms with E-state index in [2.05, 4.69) is 0 Å². The molecule has 0 atom stereocenters. The van der Waals surface area contributed by atoms with Crippen molar-refractivity contribution in [3.8, 4) is 11.8 Å². The Kier molecular flexibility index (Phi) is 6.15. The number of nitriles is 1. The van der Waals surface area contributed by atoms with Crippen LogP contribution in [0.25, 0.3) is 0 Å². The molecule has 0 aliphatic rings. The fourth-order valence-electron chi connectivity index (χ4n) is 1.91.